The van der Waals surface area contributed by atoms with Crippen molar-refractivity contribution in [3.63, 3.8) is 0 Å². The second-order valence-corrected chi connectivity index (χ2v) is 6.56. The highest BCUT2D eigenvalue weighted by Gasteiger charge is 2.39. The van der Waals surface area contributed by atoms with Crippen LogP contribution < -0.4 is 14.8 Å². The summed E-state index contributed by atoms with van der Waals surface area (Å²) in [7, 11) is 1.53. The van der Waals surface area contributed by atoms with Gasteiger partial charge in [0.15, 0.2) is 11.5 Å². The molecular formula is C23H22ClNO5. The predicted molar refractivity (Wildman–Crippen MR) is 114 cm³/mol. The number of ether oxygens (including phenoxy) is 3. The summed E-state index contributed by atoms with van der Waals surface area (Å²) in [5.41, 5.74) is 1.11. The zero-order chi connectivity index (χ0) is 22.0. The number of nitrogens with one attached hydrogen (secondary N) is 1. The Morgan fingerprint density at radius 2 is 1.83 bits per heavy atom. The zero-order valence-electron chi connectivity index (χ0n) is 16.5. The number of hydrogen-bond donors (Lipinski definition) is 2. The van der Waals surface area contributed by atoms with Crippen LogP contribution in [-0.4, -0.2) is 37.9 Å². The van der Waals surface area contributed by atoms with E-state index in [0.717, 1.165) is 5.56 Å². The number of hydrogen-bond acceptors (Lipinski definition) is 5. The van der Waals surface area contributed by atoms with Crippen LogP contribution in [0.15, 0.2) is 42.5 Å². The Kier molecular flexibility index (Phi) is 8.58. The quantitative estimate of drug-likeness (QED) is 0.450. The third kappa shape index (κ3) is 5.92. The molecule has 0 heterocycles. The largest absolute Gasteiger partial charge is 0.493 e. The van der Waals surface area contributed by atoms with Gasteiger partial charge in [0.1, 0.15) is 13.2 Å². The number of carbonyl (C=O) groups excluding carboxylic acids is 1. The van der Waals surface area contributed by atoms with Gasteiger partial charge in [0, 0.05) is 17.1 Å². The lowest BCUT2D eigenvalue weighted by atomic mass is 10.0. The fraction of sp³-hybridized carbons (Fsp3) is 0.261. The second kappa shape index (κ2) is 11.1. The first-order chi connectivity index (χ1) is 14.4. The summed E-state index contributed by atoms with van der Waals surface area (Å²) in [6.07, 6.45) is 10.9. The molecule has 0 saturated carbocycles. The number of benzene rings is 2. The van der Waals surface area contributed by atoms with E-state index in [1.165, 1.54) is 19.2 Å². The molecule has 0 aliphatic rings. The number of terminal acetylenes is 2. The molecule has 1 atom stereocenters. The zero-order valence-corrected chi connectivity index (χ0v) is 17.2. The lowest BCUT2D eigenvalue weighted by Gasteiger charge is -2.26. The van der Waals surface area contributed by atoms with Crippen LogP contribution in [0.25, 0.3) is 0 Å². The second-order valence-electron chi connectivity index (χ2n) is 6.13. The average molecular weight is 428 g/mol. The van der Waals surface area contributed by atoms with E-state index in [2.05, 4.69) is 17.2 Å². The molecule has 0 aliphatic heterocycles. The van der Waals surface area contributed by atoms with Crippen LogP contribution in [0.4, 0.5) is 0 Å². The van der Waals surface area contributed by atoms with Gasteiger partial charge in [-0.2, -0.15) is 0 Å². The lowest BCUT2D eigenvalue weighted by molar-refractivity contribution is -0.208. The summed E-state index contributed by atoms with van der Waals surface area (Å²) in [6.45, 7) is 0.122. The number of rotatable bonds is 10. The van der Waals surface area contributed by atoms with Crippen molar-refractivity contribution in [3.8, 4) is 36.2 Å². The van der Waals surface area contributed by atoms with Crippen LogP contribution in [0.5, 0.6) is 11.5 Å². The number of carbonyl (C=O) groups is 1. The van der Waals surface area contributed by atoms with E-state index in [1.54, 1.807) is 24.3 Å². The van der Waals surface area contributed by atoms with Crippen molar-refractivity contribution in [2.24, 2.45) is 0 Å². The third-order valence-corrected chi connectivity index (χ3v) is 4.40. The molecule has 1 unspecified atom stereocenters. The van der Waals surface area contributed by atoms with Gasteiger partial charge >= 0.3 is 0 Å². The molecule has 0 aromatic heterocycles. The van der Waals surface area contributed by atoms with Crippen molar-refractivity contribution < 1.29 is 24.1 Å². The fourth-order valence-electron chi connectivity index (χ4n) is 2.65. The van der Waals surface area contributed by atoms with E-state index < -0.39 is 11.7 Å². The Bertz CT molecular complexity index is 946. The molecule has 2 N–H and O–H groups in total. The molecule has 0 spiro atoms. The third-order valence-electron chi connectivity index (χ3n) is 4.15. The number of methoxy groups -OCH3 is 1. The van der Waals surface area contributed by atoms with Crippen molar-refractivity contribution in [1.29, 1.82) is 0 Å². The maximum absolute atomic E-state index is 12.7. The van der Waals surface area contributed by atoms with Gasteiger partial charge in [0.25, 0.3) is 11.7 Å². The lowest BCUT2D eigenvalue weighted by Crippen LogP contribution is -2.47. The summed E-state index contributed by atoms with van der Waals surface area (Å²) in [5, 5.41) is 14.0. The van der Waals surface area contributed by atoms with Crippen LogP contribution in [0.1, 0.15) is 11.1 Å². The maximum atomic E-state index is 12.7. The highest BCUT2D eigenvalue weighted by molar-refractivity contribution is 6.30. The fourth-order valence-corrected chi connectivity index (χ4v) is 2.77. The molecule has 6 nitrogen and oxygen atoms in total. The molecular weight excluding hydrogens is 406 g/mol. The number of amides is 1. The molecule has 0 radical (unpaired) electrons. The molecule has 1 amide bonds. The van der Waals surface area contributed by atoms with E-state index in [1.807, 2.05) is 6.07 Å². The molecule has 0 aliphatic carbocycles. The first-order valence-electron chi connectivity index (χ1n) is 9.02. The van der Waals surface area contributed by atoms with Crippen molar-refractivity contribution in [1.82, 2.24) is 5.32 Å². The topological polar surface area (TPSA) is 77.0 Å². The molecule has 0 saturated heterocycles. The Hall–Kier alpha value is -3.16. The van der Waals surface area contributed by atoms with E-state index in [0.29, 0.717) is 22.9 Å². The highest BCUT2D eigenvalue weighted by Crippen LogP contribution is 2.28. The van der Waals surface area contributed by atoms with Gasteiger partial charge in [0.05, 0.1) is 7.11 Å². The summed E-state index contributed by atoms with van der Waals surface area (Å²) < 4.78 is 16.0. The monoisotopic (exact) mass is 427 g/mol. The van der Waals surface area contributed by atoms with Crippen LogP contribution in [0.3, 0.4) is 0 Å². The van der Waals surface area contributed by atoms with E-state index in [9.17, 15) is 9.90 Å². The molecule has 2 aromatic carbocycles. The normalized spacial score (nSPS) is 12.2. The smallest absolute Gasteiger partial charge is 0.285 e. The molecule has 2 rings (SSSR count). The van der Waals surface area contributed by atoms with Gasteiger partial charge in [-0.25, -0.2) is 0 Å². The minimum absolute atomic E-state index is 0.132. The van der Waals surface area contributed by atoms with E-state index in [4.69, 9.17) is 38.7 Å². The molecule has 0 fully saturated rings. The van der Waals surface area contributed by atoms with Crippen molar-refractivity contribution in [2.45, 2.75) is 12.2 Å². The molecule has 7 heteroatoms. The molecule has 30 heavy (non-hydrogen) atoms. The predicted octanol–water partition coefficient (Wildman–Crippen LogP) is 2.51. The van der Waals surface area contributed by atoms with Gasteiger partial charge in [-0.1, -0.05) is 41.6 Å². The Labute approximate surface area is 181 Å². The molecule has 156 valence electrons. The maximum Gasteiger partial charge on any atom is 0.285 e. The SMILES string of the molecule is C#CCOc1ccc(CCNC(=O)C(O)(OCC#C)c2ccc(Cl)cc2)cc1OC. The van der Waals surface area contributed by atoms with Crippen molar-refractivity contribution in [2.75, 3.05) is 26.9 Å². The minimum Gasteiger partial charge on any atom is -0.493 e. The van der Waals surface area contributed by atoms with Gasteiger partial charge in [-0.15, -0.1) is 12.8 Å². The summed E-state index contributed by atoms with van der Waals surface area (Å²) in [6, 6.07) is 11.5. The van der Waals surface area contributed by atoms with Crippen LogP contribution in [0, 0.1) is 24.7 Å². The number of aliphatic hydroxyl groups is 1. The summed E-state index contributed by atoms with van der Waals surface area (Å²) >= 11 is 5.88. The minimum atomic E-state index is -2.23. The molecule has 0 bridgehead atoms. The van der Waals surface area contributed by atoms with Crippen molar-refractivity contribution in [3.05, 3.63) is 58.6 Å². The highest BCUT2D eigenvalue weighted by atomic mass is 35.5. The number of halogens is 1. The van der Waals surface area contributed by atoms with Gasteiger partial charge < -0.3 is 24.6 Å². The average Bonchev–Trinajstić information content (AvgIpc) is 2.76. The Morgan fingerprint density at radius 1 is 1.13 bits per heavy atom. The van der Waals surface area contributed by atoms with E-state index in [-0.39, 0.29) is 25.3 Å². The van der Waals surface area contributed by atoms with Gasteiger partial charge in [0.2, 0.25) is 0 Å². The van der Waals surface area contributed by atoms with Crippen molar-refractivity contribution >= 4 is 17.5 Å². The van der Waals surface area contributed by atoms with Crippen LogP contribution in [-0.2, 0) is 21.7 Å². The first kappa shape index (κ1) is 23.1. The summed E-state index contributed by atoms with van der Waals surface area (Å²) in [5.74, 6) is 2.73. The first-order valence-corrected chi connectivity index (χ1v) is 9.39. The Morgan fingerprint density at radius 3 is 2.47 bits per heavy atom. The molecule has 2 aromatic rings. The Balaban J connectivity index is 2.06. The van der Waals surface area contributed by atoms with Gasteiger partial charge in [-0.05, 0) is 36.2 Å². The van der Waals surface area contributed by atoms with E-state index >= 15 is 0 Å². The van der Waals surface area contributed by atoms with Gasteiger partial charge in [-0.3, -0.25) is 4.79 Å². The van der Waals surface area contributed by atoms with Crippen LogP contribution >= 0.6 is 11.6 Å². The van der Waals surface area contributed by atoms with Crippen LogP contribution in [0.2, 0.25) is 5.02 Å². The standard InChI is InChI=1S/C23H22ClNO5/c1-4-14-29-20-11-6-17(16-21(20)28-3)12-13-25-22(26)23(27,30-15-5-2)18-7-9-19(24)10-8-18/h1-2,6-11,16,27H,12-15H2,3H3,(H,25,26). The summed E-state index contributed by atoms with van der Waals surface area (Å²) in [4.78, 5) is 12.7.